The lowest BCUT2D eigenvalue weighted by Crippen LogP contribution is -2.27. The zero-order chi connectivity index (χ0) is 13.8. The van der Waals surface area contributed by atoms with E-state index in [1.54, 1.807) is 0 Å². The molecule has 1 aliphatic rings. The topological polar surface area (TPSA) is 73.1 Å². The molecule has 0 radical (unpaired) electrons. The van der Waals surface area contributed by atoms with Crippen molar-refractivity contribution in [3.8, 4) is 0 Å². The monoisotopic (exact) mass is 264 g/mol. The minimum Gasteiger partial charge on any atom is -0.383 e. The van der Waals surface area contributed by atoms with Crippen LogP contribution in [-0.2, 0) is 11.2 Å². The van der Waals surface area contributed by atoms with Crippen LogP contribution < -0.4 is 11.1 Å². The molecule has 1 aromatic rings. The van der Waals surface area contributed by atoms with Crippen LogP contribution >= 0.6 is 0 Å². The molecule has 19 heavy (non-hydrogen) atoms. The average molecular weight is 264 g/mol. The van der Waals surface area contributed by atoms with Crippen molar-refractivity contribution < 1.29 is 4.74 Å². The van der Waals surface area contributed by atoms with E-state index in [9.17, 15) is 0 Å². The van der Waals surface area contributed by atoms with Crippen LogP contribution in [0.1, 0.15) is 38.1 Å². The van der Waals surface area contributed by atoms with Crippen molar-refractivity contribution in [2.75, 3.05) is 24.3 Å². The normalized spacial score (nSPS) is 20.5. The predicted molar refractivity (Wildman–Crippen MR) is 77.2 cm³/mol. The molecule has 1 saturated heterocycles. The lowest BCUT2D eigenvalue weighted by atomic mass is 10.0. The van der Waals surface area contributed by atoms with Crippen molar-refractivity contribution in [1.29, 1.82) is 0 Å². The molecule has 2 atom stereocenters. The van der Waals surface area contributed by atoms with Crippen LogP contribution in [0.5, 0.6) is 0 Å². The molecule has 2 unspecified atom stereocenters. The number of nitrogens with zero attached hydrogens (tertiary/aromatic N) is 2. The van der Waals surface area contributed by atoms with Gasteiger partial charge >= 0.3 is 0 Å². The van der Waals surface area contributed by atoms with Gasteiger partial charge in [-0.05, 0) is 26.7 Å². The molecule has 1 aliphatic heterocycles. The highest BCUT2D eigenvalue weighted by atomic mass is 16.5. The van der Waals surface area contributed by atoms with Gasteiger partial charge in [0.1, 0.15) is 17.5 Å². The van der Waals surface area contributed by atoms with Gasteiger partial charge in [0.25, 0.3) is 0 Å². The standard InChI is InChI=1S/C14H24N4O/c1-4-5-12-17-13(15)9(2)14(18-12)16-10(3)11-6-7-19-8-11/h10-11H,4-8H2,1-3H3,(H3,15,16,17,18). The number of ether oxygens (including phenoxy) is 1. The molecule has 2 heterocycles. The van der Waals surface area contributed by atoms with Crippen molar-refractivity contribution in [3.63, 3.8) is 0 Å². The number of nitrogens with one attached hydrogen (secondary N) is 1. The summed E-state index contributed by atoms with van der Waals surface area (Å²) in [7, 11) is 0. The van der Waals surface area contributed by atoms with Crippen molar-refractivity contribution in [1.82, 2.24) is 9.97 Å². The summed E-state index contributed by atoms with van der Waals surface area (Å²) in [6.45, 7) is 7.95. The fraction of sp³-hybridized carbons (Fsp3) is 0.714. The molecule has 0 saturated carbocycles. The Morgan fingerprint density at radius 3 is 2.89 bits per heavy atom. The number of nitrogens with two attached hydrogens (primary N) is 1. The van der Waals surface area contributed by atoms with Crippen LogP contribution in [0.2, 0.25) is 0 Å². The fourth-order valence-corrected chi connectivity index (χ4v) is 2.34. The third-order valence-corrected chi connectivity index (χ3v) is 3.74. The first-order valence-corrected chi connectivity index (χ1v) is 7.09. The maximum Gasteiger partial charge on any atom is 0.134 e. The number of aromatic nitrogens is 2. The minimum atomic E-state index is 0.338. The van der Waals surface area contributed by atoms with Gasteiger partial charge in [-0.15, -0.1) is 0 Å². The zero-order valence-electron chi connectivity index (χ0n) is 12.1. The van der Waals surface area contributed by atoms with E-state index >= 15 is 0 Å². The smallest absolute Gasteiger partial charge is 0.134 e. The maximum absolute atomic E-state index is 5.97. The summed E-state index contributed by atoms with van der Waals surface area (Å²) in [4.78, 5) is 8.92. The second-order valence-corrected chi connectivity index (χ2v) is 5.31. The molecule has 2 rings (SSSR count). The van der Waals surface area contributed by atoms with Gasteiger partial charge in [-0.3, -0.25) is 0 Å². The van der Waals surface area contributed by atoms with Crippen molar-refractivity contribution in [2.24, 2.45) is 5.92 Å². The number of aryl methyl sites for hydroxylation is 1. The fourth-order valence-electron chi connectivity index (χ4n) is 2.34. The van der Waals surface area contributed by atoms with Gasteiger partial charge in [-0.1, -0.05) is 6.92 Å². The van der Waals surface area contributed by atoms with Gasteiger partial charge in [-0.25, -0.2) is 9.97 Å². The van der Waals surface area contributed by atoms with Gasteiger partial charge < -0.3 is 15.8 Å². The molecule has 106 valence electrons. The quantitative estimate of drug-likeness (QED) is 0.852. The Hall–Kier alpha value is -1.36. The van der Waals surface area contributed by atoms with E-state index in [1.165, 1.54) is 0 Å². The first-order chi connectivity index (χ1) is 9.11. The molecular weight excluding hydrogens is 240 g/mol. The third-order valence-electron chi connectivity index (χ3n) is 3.74. The van der Waals surface area contributed by atoms with E-state index in [1.807, 2.05) is 6.92 Å². The number of rotatable bonds is 5. The lowest BCUT2D eigenvalue weighted by Gasteiger charge is -2.21. The second kappa shape index (κ2) is 6.19. The van der Waals surface area contributed by atoms with Crippen molar-refractivity contribution >= 4 is 11.6 Å². The number of nitrogen functional groups attached to an aromatic ring is 1. The Bertz CT molecular complexity index is 430. The Morgan fingerprint density at radius 2 is 2.26 bits per heavy atom. The molecule has 5 nitrogen and oxygen atoms in total. The van der Waals surface area contributed by atoms with E-state index in [0.29, 0.717) is 17.8 Å². The predicted octanol–water partition coefficient (Wildman–Crippen LogP) is 2.16. The molecule has 0 bridgehead atoms. The Morgan fingerprint density at radius 1 is 1.47 bits per heavy atom. The number of anilines is 2. The van der Waals surface area contributed by atoms with E-state index in [-0.39, 0.29) is 0 Å². The molecule has 1 fully saturated rings. The van der Waals surface area contributed by atoms with Gasteiger partial charge in [0.2, 0.25) is 0 Å². The number of hydrogen-bond donors (Lipinski definition) is 2. The first kappa shape index (κ1) is 14.1. The Kier molecular flexibility index (Phi) is 4.58. The van der Waals surface area contributed by atoms with Gasteiger partial charge in [-0.2, -0.15) is 0 Å². The van der Waals surface area contributed by atoms with Gasteiger partial charge in [0.15, 0.2) is 0 Å². The van der Waals surface area contributed by atoms with Crippen molar-refractivity contribution in [2.45, 2.75) is 46.1 Å². The zero-order valence-corrected chi connectivity index (χ0v) is 12.1. The van der Waals surface area contributed by atoms with Gasteiger partial charge in [0.05, 0.1) is 6.61 Å². The van der Waals surface area contributed by atoms with Crippen molar-refractivity contribution in [3.05, 3.63) is 11.4 Å². The van der Waals surface area contributed by atoms with E-state index in [2.05, 4.69) is 29.1 Å². The SMILES string of the molecule is CCCc1nc(N)c(C)c(NC(C)C2CCOC2)n1. The van der Waals surface area contributed by atoms with E-state index < -0.39 is 0 Å². The maximum atomic E-state index is 5.97. The molecule has 3 N–H and O–H groups in total. The summed E-state index contributed by atoms with van der Waals surface area (Å²) >= 11 is 0. The summed E-state index contributed by atoms with van der Waals surface area (Å²) in [5.74, 6) is 2.82. The van der Waals surface area contributed by atoms with Crippen LogP contribution in [0.3, 0.4) is 0 Å². The molecule has 5 heteroatoms. The highest BCUT2D eigenvalue weighted by Gasteiger charge is 2.23. The van der Waals surface area contributed by atoms with Crippen LogP contribution in [0.4, 0.5) is 11.6 Å². The van der Waals surface area contributed by atoms with Gasteiger partial charge in [0, 0.05) is 30.6 Å². The lowest BCUT2D eigenvalue weighted by molar-refractivity contribution is 0.183. The largest absolute Gasteiger partial charge is 0.383 e. The van der Waals surface area contributed by atoms with E-state index in [0.717, 1.165) is 49.7 Å². The summed E-state index contributed by atoms with van der Waals surface area (Å²) in [5.41, 5.74) is 6.90. The van der Waals surface area contributed by atoms with Crippen LogP contribution in [0.25, 0.3) is 0 Å². The molecule has 0 amide bonds. The Balaban J connectivity index is 2.13. The third kappa shape index (κ3) is 3.35. The van der Waals surface area contributed by atoms with Crippen LogP contribution in [0, 0.1) is 12.8 Å². The van der Waals surface area contributed by atoms with Crippen LogP contribution in [-0.4, -0.2) is 29.2 Å². The number of hydrogen-bond acceptors (Lipinski definition) is 5. The first-order valence-electron chi connectivity index (χ1n) is 7.09. The highest BCUT2D eigenvalue weighted by molar-refractivity contribution is 5.55. The molecule has 0 aromatic carbocycles. The molecular formula is C14H24N4O. The Labute approximate surface area is 115 Å². The average Bonchev–Trinajstić information content (AvgIpc) is 2.89. The second-order valence-electron chi connectivity index (χ2n) is 5.31. The van der Waals surface area contributed by atoms with E-state index in [4.69, 9.17) is 10.5 Å². The summed E-state index contributed by atoms with van der Waals surface area (Å²) in [6.07, 6.45) is 2.99. The molecule has 0 aliphatic carbocycles. The molecule has 0 spiro atoms. The molecule has 1 aromatic heterocycles. The highest BCUT2D eigenvalue weighted by Crippen LogP contribution is 2.23. The van der Waals surface area contributed by atoms with Crippen LogP contribution in [0.15, 0.2) is 0 Å². The summed E-state index contributed by atoms with van der Waals surface area (Å²) < 4.78 is 5.43. The summed E-state index contributed by atoms with van der Waals surface area (Å²) in [6, 6.07) is 0.338. The summed E-state index contributed by atoms with van der Waals surface area (Å²) in [5, 5.41) is 3.48. The minimum absolute atomic E-state index is 0.338.